The molecule has 29 heavy (non-hydrogen) atoms. The fraction of sp³-hybridized carbons (Fsp3) is 0.269. The van der Waals surface area contributed by atoms with E-state index >= 15 is 0 Å². The summed E-state index contributed by atoms with van der Waals surface area (Å²) in [5, 5.41) is 13.1. The summed E-state index contributed by atoms with van der Waals surface area (Å²) in [5.74, 6) is -0.703. The van der Waals surface area contributed by atoms with Gasteiger partial charge in [0.1, 0.15) is 23.2 Å². The average molecular weight is 408 g/mol. The van der Waals surface area contributed by atoms with Gasteiger partial charge in [0.05, 0.1) is 6.16 Å². The standard InChI is InChI=1S/C24H25O2P.C2H6/c25-24(26)19-11-4-12-20-27(21-13-5-1-6-14-21,22-15-7-2-8-16-22)23-17-9-3-10-18-23;1-2/h1-3,5-10,13-18H,4,11-12,19-20H2;1-2H3/p+1. The van der Waals surface area contributed by atoms with Crippen molar-refractivity contribution in [2.45, 2.75) is 39.5 Å². The van der Waals surface area contributed by atoms with Crippen molar-refractivity contribution in [2.75, 3.05) is 6.16 Å². The van der Waals surface area contributed by atoms with E-state index in [9.17, 15) is 4.79 Å². The minimum Gasteiger partial charge on any atom is -0.481 e. The van der Waals surface area contributed by atoms with E-state index in [2.05, 4.69) is 91.0 Å². The summed E-state index contributed by atoms with van der Waals surface area (Å²) < 4.78 is 0. The Bertz CT molecular complexity index is 736. The number of benzene rings is 3. The summed E-state index contributed by atoms with van der Waals surface area (Å²) in [4.78, 5) is 10.8. The van der Waals surface area contributed by atoms with Gasteiger partial charge in [0.15, 0.2) is 0 Å². The highest BCUT2D eigenvalue weighted by Crippen LogP contribution is 2.55. The predicted molar refractivity (Wildman–Crippen MR) is 127 cm³/mol. The number of hydrogen-bond donors (Lipinski definition) is 1. The Kier molecular flexibility index (Phi) is 9.60. The van der Waals surface area contributed by atoms with Crippen molar-refractivity contribution in [3.63, 3.8) is 0 Å². The molecule has 0 saturated carbocycles. The molecule has 3 rings (SSSR count). The maximum atomic E-state index is 10.8. The predicted octanol–water partition coefficient (Wildman–Crippen LogP) is 5.65. The Morgan fingerprint density at radius 3 is 1.38 bits per heavy atom. The van der Waals surface area contributed by atoms with Crippen LogP contribution in [0.2, 0.25) is 0 Å². The summed E-state index contributed by atoms with van der Waals surface area (Å²) in [6.45, 7) is 4.00. The molecule has 0 aromatic heterocycles. The normalized spacial score (nSPS) is 10.7. The molecule has 0 heterocycles. The quantitative estimate of drug-likeness (QED) is 0.367. The van der Waals surface area contributed by atoms with E-state index in [4.69, 9.17) is 5.11 Å². The second kappa shape index (κ2) is 12.2. The summed E-state index contributed by atoms with van der Waals surface area (Å²) in [5.41, 5.74) is 0. The van der Waals surface area contributed by atoms with Gasteiger partial charge in [-0.05, 0) is 55.7 Å². The molecule has 0 unspecified atom stereocenters. The molecule has 1 N–H and O–H groups in total. The number of carbonyl (C=O) groups is 1. The molecule has 3 aromatic rings. The van der Waals surface area contributed by atoms with Crippen molar-refractivity contribution in [3.8, 4) is 0 Å². The summed E-state index contributed by atoms with van der Waals surface area (Å²) in [7, 11) is -1.76. The van der Waals surface area contributed by atoms with Gasteiger partial charge in [0, 0.05) is 6.42 Å². The Morgan fingerprint density at radius 2 is 1.03 bits per heavy atom. The second-order valence-electron chi connectivity index (χ2n) is 6.74. The lowest BCUT2D eigenvalue weighted by molar-refractivity contribution is -0.137. The fourth-order valence-electron chi connectivity index (χ4n) is 3.68. The highest BCUT2D eigenvalue weighted by Gasteiger charge is 2.44. The van der Waals surface area contributed by atoms with E-state index in [1.54, 1.807) is 0 Å². The molecule has 3 heteroatoms. The van der Waals surface area contributed by atoms with Gasteiger partial charge >= 0.3 is 5.97 Å². The maximum absolute atomic E-state index is 10.8. The van der Waals surface area contributed by atoms with E-state index in [0.29, 0.717) is 0 Å². The molecular formula is C26H32O2P+. The Labute approximate surface area is 176 Å². The van der Waals surface area contributed by atoms with Crippen LogP contribution in [0.5, 0.6) is 0 Å². The van der Waals surface area contributed by atoms with Crippen molar-refractivity contribution >= 4 is 29.1 Å². The van der Waals surface area contributed by atoms with Crippen LogP contribution >= 0.6 is 7.26 Å². The van der Waals surface area contributed by atoms with Crippen molar-refractivity contribution < 1.29 is 9.90 Å². The molecular weight excluding hydrogens is 375 g/mol. The van der Waals surface area contributed by atoms with Gasteiger partial charge in [-0.15, -0.1) is 0 Å². The van der Waals surface area contributed by atoms with Gasteiger partial charge in [0.2, 0.25) is 0 Å². The van der Waals surface area contributed by atoms with Crippen molar-refractivity contribution in [2.24, 2.45) is 0 Å². The first kappa shape index (κ1) is 22.8. The van der Waals surface area contributed by atoms with Gasteiger partial charge in [-0.3, -0.25) is 4.79 Å². The third-order valence-electron chi connectivity index (χ3n) is 4.98. The van der Waals surface area contributed by atoms with Gasteiger partial charge < -0.3 is 5.11 Å². The smallest absolute Gasteiger partial charge is 0.303 e. The van der Waals surface area contributed by atoms with Crippen molar-refractivity contribution in [3.05, 3.63) is 91.0 Å². The molecule has 0 saturated heterocycles. The maximum Gasteiger partial charge on any atom is 0.303 e. The van der Waals surface area contributed by atoms with Gasteiger partial charge in [-0.2, -0.15) is 0 Å². The first-order chi connectivity index (χ1) is 14.2. The van der Waals surface area contributed by atoms with Crippen LogP contribution in [0.4, 0.5) is 0 Å². The molecule has 0 aliphatic heterocycles. The van der Waals surface area contributed by atoms with Crippen LogP contribution in [-0.2, 0) is 4.79 Å². The minimum atomic E-state index is -1.76. The number of aliphatic carboxylic acids is 1. The van der Waals surface area contributed by atoms with E-state index < -0.39 is 13.2 Å². The summed E-state index contributed by atoms with van der Waals surface area (Å²) >= 11 is 0. The molecule has 0 fully saturated rings. The minimum absolute atomic E-state index is 0.257. The second-order valence-corrected chi connectivity index (χ2v) is 10.4. The van der Waals surface area contributed by atoms with E-state index in [1.807, 2.05) is 13.8 Å². The molecule has 0 aliphatic rings. The van der Waals surface area contributed by atoms with Gasteiger partial charge in [-0.1, -0.05) is 68.4 Å². The molecule has 0 atom stereocenters. The van der Waals surface area contributed by atoms with Crippen LogP contribution in [0.15, 0.2) is 91.0 Å². The van der Waals surface area contributed by atoms with Crippen LogP contribution in [0.3, 0.4) is 0 Å². The first-order valence-corrected chi connectivity index (χ1v) is 12.5. The van der Waals surface area contributed by atoms with Gasteiger partial charge in [-0.25, -0.2) is 0 Å². The first-order valence-electron chi connectivity index (χ1n) is 10.5. The lowest BCUT2D eigenvalue weighted by Gasteiger charge is -2.27. The number of rotatable bonds is 9. The molecule has 0 spiro atoms. The van der Waals surface area contributed by atoms with Crippen LogP contribution in [0.25, 0.3) is 0 Å². The lowest BCUT2D eigenvalue weighted by atomic mass is 10.2. The Balaban J connectivity index is 0.00000145. The molecule has 3 aromatic carbocycles. The van der Waals surface area contributed by atoms with E-state index in [1.165, 1.54) is 15.9 Å². The molecule has 2 nitrogen and oxygen atoms in total. The van der Waals surface area contributed by atoms with Crippen LogP contribution in [0, 0.1) is 0 Å². The topological polar surface area (TPSA) is 37.3 Å². The monoisotopic (exact) mass is 407 g/mol. The summed E-state index contributed by atoms with van der Waals surface area (Å²) in [6.07, 6.45) is 4.03. The van der Waals surface area contributed by atoms with E-state index in [0.717, 1.165) is 25.4 Å². The lowest BCUT2D eigenvalue weighted by Crippen LogP contribution is -2.33. The Morgan fingerprint density at radius 1 is 0.655 bits per heavy atom. The van der Waals surface area contributed by atoms with Crippen LogP contribution < -0.4 is 15.9 Å². The number of unbranched alkanes of at least 4 members (excludes halogenated alkanes) is 2. The number of carboxylic acids is 1. The van der Waals surface area contributed by atoms with Gasteiger partial charge in [0.25, 0.3) is 0 Å². The average Bonchev–Trinajstić information content (AvgIpc) is 2.79. The number of hydrogen-bond acceptors (Lipinski definition) is 1. The molecule has 0 bridgehead atoms. The Hall–Kier alpha value is -2.44. The highest BCUT2D eigenvalue weighted by molar-refractivity contribution is 7.95. The molecule has 0 radical (unpaired) electrons. The largest absolute Gasteiger partial charge is 0.481 e. The third-order valence-corrected chi connectivity index (χ3v) is 9.50. The van der Waals surface area contributed by atoms with E-state index in [-0.39, 0.29) is 6.42 Å². The molecule has 152 valence electrons. The summed E-state index contributed by atoms with van der Waals surface area (Å²) in [6, 6.07) is 32.5. The van der Waals surface area contributed by atoms with Crippen LogP contribution in [-0.4, -0.2) is 17.2 Å². The fourth-order valence-corrected chi connectivity index (χ4v) is 8.09. The zero-order chi connectivity index (χ0) is 21.0. The molecule has 0 aliphatic carbocycles. The highest BCUT2D eigenvalue weighted by atomic mass is 31.2. The molecule has 0 amide bonds. The van der Waals surface area contributed by atoms with Crippen molar-refractivity contribution in [1.29, 1.82) is 0 Å². The number of carboxylic acid groups (broad SMARTS) is 1. The zero-order valence-corrected chi connectivity index (χ0v) is 18.4. The zero-order valence-electron chi connectivity index (χ0n) is 17.5. The van der Waals surface area contributed by atoms with Crippen molar-refractivity contribution in [1.82, 2.24) is 0 Å². The third kappa shape index (κ3) is 6.02. The van der Waals surface area contributed by atoms with Crippen LogP contribution in [0.1, 0.15) is 39.5 Å². The SMILES string of the molecule is CC.O=C(O)CCCCC[P+](c1ccccc1)(c1ccccc1)c1ccccc1.